The van der Waals surface area contributed by atoms with Gasteiger partial charge in [0.2, 0.25) is 0 Å². The SMILES string of the molecule is C=CC(=O)C(CCCCCCCC)(CCCCCCCCC)OC(CCCCCCCC)(CCCCCCCCC)C(=O)C=C. The van der Waals surface area contributed by atoms with Crippen molar-refractivity contribution in [3.8, 4) is 0 Å². The van der Waals surface area contributed by atoms with E-state index < -0.39 is 11.2 Å². The van der Waals surface area contributed by atoms with Crippen molar-refractivity contribution in [1.29, 1.82) is 0 Å². The average molecular weight is 631 g/mol. The minimum Gasteiger partial charge on any atom is -0.352 e. The van der Waals surface area contributed by atoms with E-state index in [0.29, 0.717) is 25.7 Å². The maximum Gasteiger partial charge on any atom is 0.186 e. The Morgan fingerprint density at radius 2 is 0.600 bits per heavy atom. The highest BCUT2D eigenvalue weighted by Gasteiger charge is 2.47. The molecule has 0 aliphatic heterocycles. The number of hydrogen-bond donors (Lipinski definition) is 0. The molecule has 0 aromatic carbocycles. The molecule has 0 aromatic heterocycles. The predicted molar refractivity (Wildman–Crippen MR) is 198 cm³/mol. The zero-order chi connectivity index (χ0) is 33.5. The van der Waals surface area contributed by atoms with Gasteiger partial charge in [0.1, 0.15) is 11.2 Å². The number of carbonyl (C=O) groups excluding carboxylic acids is 2. The second-order valence-corrected chi connectivity index (χ2v) is 14.0. The smallest absolute Gasteiger partial charge is 0.186 e. The Labute approximate surface area is 282 Å². The van der Waals surface area contributed by atoms with Crippen molar-refractivity contribution in [2.75, 3.05) is 0 Å². The van der Waals surface area contributed by atoms with E-state index in [-0.39, 0.29) is 11.6 Å². The second kappa shape index (κ2) is 30.1. The first-order valence-corrected chi connectivity index (χ1v) is 20.0. The Balaban J connectivity index is 6.12. The summed E-state index contributed by atoms with van der Waals surface area (Å²) in [5.41, 5.74) is -1.95. The van der Waals surface area contributed by atoms with Crippen LogP contribution in [-0.4, -0.2) is 22.8 Å². The van der Waals surface area contributed by atoms with Crippen LogP contribution in [0.25, 0.3) is 0 Å². The van der Waals surface area contributed by atoms with Gasteiger partial charge in [-0.3, -0.25) is 9.59 Å². The fourth-order valence-corrected chi connectivity index (χ4v) is 6.91. The van der Waals surface area contributed by atoms with Gasteiger partial charge in [-0.05, 0) is 37.8 Å². The predicted octanol–water partition coefficient (Wildman–Crippen LogP) is 13.8. The summed E-state index contributed by atoms with van der Waals surface area (Å²) in [6.07, 6.45) is 36.3. The molecule has 0 saturated carbocycles. The topological polar surface area (TPSA) is 43.4 Å². The van der Waals surface area contributed by atoms with E-state index in [4.69, 9.17) is 4.74 Å². The summed E-state index contributed by atoms with van der Waals surface area (Å²) in [6.45, 7) is 16.9. The zero-order valence-corrected chi connectivity index (χ0v) is 31.0. The summed E-state index contributed by atoms with van der Waals surface area (Å²) in [7, 11) is 0. The van der Waals surface area contributed by atoms with Crippen LogP contribution in [0.1, 0.15) is 220 Å². The summed E-state index contributed by atoms with van der Waals surface area (Å²) in [5, 5.41) is 0. The molecule has 0 N–H and O–H groups in total. The van der Waals surface area contributed by atoms with Crippen molar-refractivity contribution >= 4 is 11.6 Å². The highest BCUT2D eigenvalue weighted by Crippen LogP contribution is 2.39. The molecule has 0 rings (SSSR count). The molecule has 0 heterocycles. The molecule has 0 aliphatic rings. The van der Waals surface area contributed by atoms with Crippen molar-refractivity contribution in [1.82, 2.24) is 0 Å². The Hall–Kier alpha value is -1.22. The molecule has 0 amide bonds. The lowest BCUT2D eigenvalue weighted by Crippen LogP contribution is -2.53. The molecule has 0 aromatic rings. The lowest BCUT2D eigenvalue weighted by molar-refractivity contribution is -0.185. The molecule has 0 bridgehead atoms. The van der Waals surface area contributed by atoms with Crippen LogP contribution in [-0.2, 0) is 14.3 Å². The summed E-state index contributed by atoms with van der Waals surface area (Å²) in [6, 6.07) is 0. The average Bonchev–Trinajstić information content (AvgIpc) is 3.05. The summed E-state index contributed by atoms with van der Waals surface area (Å²) < 4.78 is 7.24. The second-order valence-electron chi connectivity index (χ2n) is 14.0. The van der Waals surface area contributed by atoms with Crippen molar-refractivity contribution in [3.63, 3.8) is 0 Å². The summed E-state index contributed by atoms with van der Waals surface area (Å²) in [5.74, 6) is -0.0448. The monoisotopic (exact) mass is 631 g/mol. The van der Waals surface area contributed by atoms with Gasteiger partial charge in [0, 0.05) is 0 Å². The van der Waals surface area contributed by atoms with Crippen molar-refractivity contribution < 1.29 is 14.3 Å². The molecule has 0 aliphatic carbocycles. The first-order valence-electron chi connectivity index (χ1n) is 20.0. The van der Waals surface area contributed by atoms with Crippen molar-refractivity contribution in [2.24, 2.45) is 0 Å². The van der Waals surface area contributed by atoms with Gasteiger partial charge in [-0.25, -0.2) is 0 Å². The number of carbonyl (C=O) groups is 2. The minimum atomic E-state index is -0.974. The molecular formula is C42H78O3. The molecule has 0 radical (unpaired) electrons. The highest BCUT2D eigenvalue weighted by atomic mass is 16.5. The van der Waals surface area contributed by atoms with Crippen LogP contribution in [0.5, 0.6) is 0 Å². The number of ketones is 2. The summed E-state index contributed by atoms with van der Waals surface area (Å²) >= 11 is 0. The molecule has 2 atom stereocenters. The quantitative estimate of drug-likeness (QED) is 0.0511. The molecule has 45 heavy (non-hydrogen) atoms. The minimum absolute atomic E-state index is 0.0224. The van der Waals surface area contributed by atoms with Crippen LogP contribution >= 0.6 is 0 Å². The molecule has 0 fully saturated rings. The Bertz CT molecular complexity index is 667. The largest absolute Gasteiger partial charge is 0.352 e. The van der Waals surface area contributed by atoms with E-state index in [0.717, 1.165) is 51.4 Å². The normalized spacial score (nSPS) is 14.1. The van der Waals surface area contributed by atoms with Crippen LogP contribution in [0.15, 0.2) is 25.3 Å². The molecule has 2 unspecified atom stereocenters. The van der Waals surface area contributed by atoms with Gasteiger partial charge in [0.25, 0.3) is 0 Å². The first kappa shape index (κ1) is 43.8. The van der Waals surface area contributed by atoms with Gasteiger partial charge in [0.05, 0.1) is 0 Å². The fourth-order valence-electron chi connectivity index (χ4n) is 6.91. The third kappa shape index (κ3) is 20.6. The Kier molecular flexibility index (Phi) is 29.3. The third-order valence-corrected chi connectivity index (χ3v) is 9.90. The van der Waals surface area contributed by atoms with E-state index in [1.165, 1.54) is 128 Å². The number of unbranched alkanes of at least 4 members (excludes halogenated alkanes) is 22. The standard InChI is InChI=1S/C42H78O3/c1-7-13-17-21-25-29-33-37-41(39(43)11-5,35-31-27-23-19-15-9-3)45-42(40(44)12-6,36-32-28-24-20-16-10-4)38-34-30-26-22-18-14-8-2/h11-12H,5-10,13-38H2,1-4H3. The lowest BCUT2D eigenvalue weighted by atomic mass is 9.80. The zero-order valence-electron chi connectivity index (χ0n) is 31.0. The van der Waals surface area contributed by atoms with E-state index in [1.54, 1.807) is 0 Å². The molecule has 0 saturated heterocycles. The molecule has 264 valence electrons. The lowest BCUT2D eigenvalue weighted by Gasteiger charge is -2.42. The van der Waals surface area contributed by atoms with Gasteiger partial charge in [-0.1, -0.05) is 208 Å². The third-order valence-electron chi connectivity index (χ3n) is 9.90. The van der Waals surface area contributed by atoms with Gasteiger partial charge in [0.15, 0.2) is 11.6 Å². The van der Waals surface area contributed by atoms with Crippen LogP contribution in [0.2, 0.25) is 0 Å². The van der Waals surface area contributed by atoms with Crippen molar-refractivity contribution in [3.05, 3.63) is 25.3 Å². The number of ether oxygens (including phenoxy) is 1. The first-order chi connectivity index (χ1) is 21.9. The number of rotatable bonds is 36. The van der Waals surface area contributed by atoms with Crippen LogP contribution in [0, 0.1) is 0 Å². The van der Waals surface area contributed by atoms with Gasteiger partial charge in [-0.2, -0.15) is 0 Å². The van der Waals surface area contributed by atoms with Crippen LogP contribution in [0.4, 0.5) is 0 Å². The highest BCUT2D eigenvalue weighted by molar-refractivity contribution is 5.99. The molecule has 3 heteroatoms. The number of hydrogen-bond acceptors (Lipinski definition) is 3. The van der Waals surface area contributed by atoms with Crippen LogP contribution < -0.4 is 0 Å². The molecular weight excluding hydrogens is 552 g/mol. The van der Waals surface area contributed by atoms with Gasteiger partial charge < -0.3 is 4.74 Å². The van der Waals surface area contributed by atoms with Gasteiger partial charge >= 0.3 is 0 Å². The molecule has 0 spiro atoms. The van der Waals surface area contributed by atoms with Crippen LogP contribution in [0.3, 0.4) is 0 Å². The maximum absolute atomic E-state index is 13.9. The van der Waals surface area contributed by atoms with Gasteiger partial charge in [-0.15, -0.1) is 0 Å². The Morgan fingerprint density at radius 3 is 0.800 bits per heavy atom. The van der Waals surface area contributed by atoms with E-state index in [2.05, 4.69) is 40.9 Å². The maximum atomic E-state index is 13.9. The Morgan fingerprint density at radius 1 is 0.400 bits per heavy atom. The van der Waals surface area contributed by atoms with E-state index >= 15 is 0 Å². The van der Waals surface area contributed by atoms with E-state index in [1.807, 2.05) is 0 Å². The van der Waals surface area contributed by atoms with E-state index in [9.17, 15) is 9.59 Å². The van der Waals surface area contributed by atoms with Crippen molar-refractivity contribution in [2.45, 2.75) is 232 Å². The summed E-state index contributed by atoms with van der Waals surface area (Å²) in [4.78, 5) is 27.9. The molecule has 3 nitrogen and oxygen atoms in total. The fraction of sp³-hybridized carbons (Fsp3) is 0.857.